The molecule has 5 aromatic rings. The van der Waals surface area contributed by atoms with Gasteiger partial charge in [0.15, 0.2) is 0 Å². The summed E-state index contributed by atoms with van der Waals surface area (Å²) in [5.74, 6) is 2.77. The van der Waals surface area contributed by atoms with E-state index < -0.39 is 0 Å². The zero-order chi connectivity index (χ0) is 20.8. The van der Waals surface area contributed by atoms with E-state index in [1.165, 1.54) is 0 Å². The molecule has 0 aliphatic carbocycles. The van der Waals surface area contributed by atoms with Gasteiger partial charge >= 0.3 is 0 Å². The first-order valence-corrected chi connectivity index (χ1v) is 10.3. The Balaban J connectivity index is 1.37. The van der Waals surface area contributed by atoms with Crippen molar-refractivity contribution in [2.24, 2.45) is 4.99 Å². The lowest BCUT2D eigenvalue weighted by Crippen LogP contribution is -2.30. The highest BCUT2D eigenvalue weighted by Crippen LogP contribution is 2.27. The maximum absolute atomic E-state index is 9.51. The fraction of sp³-hybridized carbons (Fsp3) is 0.125. The fourth-order valence-electron chi connectivity index (χ4n) is 3.93. The van der Waals surface area contributed by atoms with Crippen molar-refractivity contribution < 1.29 is 5.11 Å². The quantitative estimate of drug-likeness (QED) is 0.359. The summed E-state index contributed by atoms with van der Waals surface area (Å²) in [5, 5.41) is 12.9. The summed E-state index contributed by atoms with van der Waals surface area (Å²) in [6.45, 7) is 1.83. The molecule has 1 aliphatic rings. The molecule has 0 fully saturated rings. The van der Waals surface area contributed by atoms with Crippen molar-refractivity contribution in [3.05, 3.63) is 66.2 Å². The predicted octanol–water partition coefficient (Wildman–Crippen LogP) is 4.22. The zero-order valence-corrected chi connectivity index (χ0v) is 16.7. The van der Waals surface area contributed by atoms with Crippen molar-refractivity contribution in [1.29, 1.82) is 0 Å². The van der Waals surface area contributed by atoms with Crippen LogP contribution in [0.25, 0.3) is 44.8 Å². The van der Waals surface area contributed by atoms with E-state index in [0.29, 0.717) is 0 Å². The molecule has 0 atom stereocenters. The number of benzene rings is 3. The van der Waals surface area contributed by atoms with E-state index in [1.807, 2.05) is 30.3 Å². The van der Waals surface area contributed by atoms with Crippen molar-refractivity contribution in [2.45, 2.75) is 6.42 Å². The van der Waals surface area contributed by atoms with Crippen molar-refractivity contribution >= 4 is 27.9 Å². The fourth-order valence-corrected chi connectivity index (χ4v) is 3.93. The molecule has 2 aromatic heterocycles. The van der Waals surface area contributed by atoms with Crippen LogP contribution in [0.5, 0.6) is 5.75 Å². The van der Waals surface area contributed by atoms with Crippen LogP contribution in [0.1, 0.15) is 12.0 Å². The molecule has 0 saturated heterocycles. The summed E-state index contributed by atoms with van der Waals surface area (Å²) in [5.41, 5.74) is 6.70. The molecule has 0 saturated carbocycles. The lowest BCUT2D eigenvalue weighted by molar-refractivity contribution is 0.475. The summed E-state index contributed by atoms with van der Waals surface area (Å²) in [4.78, 5) is 20.8. The number of aromatic hydroxyl groups is 1. The Morgan fingerprint density at radius 1 is 0.710 bits per heavy atom. The number of hydrogen-bond donors (Lipinski definition) is 4. The smallest absolute Gasteiger partial charge is 0.138 e. The number of amidine groups is 1. The SMILES string of the molecule is Oc1ccc(-c2nc3ccc(-c4nc5ccc(C6=NCCCN6)cc5[nH]4)cc3[nH]2)cc1. The number of aromatic nitrogens is 4. The largest absolute Gasteiger partial charge is 0.508 e. The predicted molar refractivity (Wildman–Crippen MR) is 122 cm³/mol. The Hall–Kier alpha value is -4.13. The summed E-state index contributed by atoms with van der Waals surface area (Å²) < 4.78 is 0. The average molecular weight is 408 g/mol. The molecule has 0 unspecified atom stereocenters. The minimum Gasteiger partial charge on any atom is -0.508 e. The third kappa shape index (κ3) is 3.20. The van der Waals surface area contributed by atoms with Crippen molar-refractivity contribution in [3.63, 3.8) is 0 Å². The molecule has 0 bridgehead atoms. The number of rotatable bonds is 3. The number of fused-ring (bicyclic) bond motifs is 2. The summed E-state index contributed by atoms with van der Waals surface area (Å²) in [7, 11) is 0. The maximum Gasteiger partial charge on any atom is 0.138 e. The van der Waals surface area contributed by atoms with Crippen LogP contribution in [-0.4, -0.2) is 44.0 Å². The third-order valence-electron chi connectivity index (χ3n) is 5.55. The minimum atomic E-state index is 0.238. The number of hydrogen-bond acceptors (Lipinski definition) is 5. The number of phenolic OH excluding ortho intramolecular Hbond substituents is 1. The van der Waals surface area contributed by atoms with Gasteiger partial charge in [-0.2, -0.15) is 0 Å². The number of aliphatic imine (C=N–C) groups is 1. The Morgan fingerprint density at radius 2 is 1.32 bits per heavy atom. The lowest BCUT2D eigenvalue weighted by atomic mass is 10.1. The van der Waals surface area contributed by atoms with Gasteiger partial charge in [-0.05, 0) is 67.1 Å². The summed E-state index contributed by atoms with van der Waals surface area (Å²) in [6, 6.07) is 19.3. The van der Waals surface area contributed by atoms with Crippen LogP contribution in [0.3, 0.4) is 0 Å². The second-order valence-corrected chi connectivity index (χ2v) is 7.69. The molecule has 7 heteroatoms. The molecule has 0 spiro atoms. The molecular weight excluding hydrogens is 388 g/mol. The van der Waals surface area contributed by atoms with Crippen LogP contribution in [0.2, 0.25) is 0 Å². The normalized spacial score (nSPS) is 14.0. The number of nitrogens with zero attached hydrogens (tertiary/aromatic N) is 3. The standard InChI is InChI=1S/C24H20N6O/c31-17-6-2-14(3-7-17)23-27-18-9-5-16(13-21(18)29-23)24-28-19-8-4-15(12-20(19)30-24)22-25-10-1-11-26-22/h2-9,12-13,31H,1,10-11H2,(H,25,26)(H,27,29)(H,28,30). The van der Waals surface area contributed by atoms with Crippen LogP contribution in [0, 0.1) is 0 Å². The van der Waals surface area contributed by atoms with Gasteiger partial charge in [-0.15, -0.1) is 0 Å². The van der Waals surface area contributed by atoms with E-state index in [9.17, 15) is 5.11 Å². The lowest BCUT2D eigenvalue weighted by Gasteiger charge is -2.14. The molecule has 4 N–H and O–H groups in total. The average Bonchev–Trinajstić information content (AvgIpc) is 3.43. The topological polar surface area (TPSA) is 102 Å². The van der Waals surface area contributed by atoms with Crippen LogP contribution in [-0.2, 0) is 0 Å². The molecule has 0 amide bonds. The molecule has 3 aromatic carbocycles. The Morgan fingerprint density at radius 3 is 2.00 bits per heavy atom. The highest BCUT2D eigenvalue weighted by Gasteiger charge is 2.12. The molecule has 3 heterocycles. The maximum atomic E-state index is 9.51. The molecule has 1 aliphatic heterocycles. The van der Waals surface area contributed by atoms with Gasteiger partial charge in [0, 0.05) is 29.8 Å². The van der Waals surface area contributed by atoms with Gasteiger partial charge in [0.2, 0.25) is 0 Å². The second-order valence-electron chi connectivity index (χ2n) is 7.69. The monoisotopic (exact) mass is 408 g/mol. The summed E-state index contributed by atoms with van der Waals surface area (Å²) in [6.07, 6.45) is 1.07. The highest BCUT2D eigenvalue weighted by atomic mass is 16.3. The van der Waals surface area contributed by atoms with Gasteiger partial charge in [0.1, 0.15) is 23.2 Å². The third-order valence-corrected chi connectivity index (χ3v) is 5.55. The molecule has 6 rings (SSSR count). The van der Waals surface area contributed by atoms with Crippen molar-refractivity contribution in [1.82, 2.24) is 25.3 Å². The van der Waals surface area contributed by atoms with E-state index in [2.05, 4.69) is 43.5 Å². The Kier molecular flexibility index (Phi) is 3.99. The minimum absolute atomic E-state index is 0.238. The van der Waals surface area contributed by atoms with Gasteiger partial charge in [-0.3, -0.25) is 4.99 Å². The van der Waals surface area contributed by atoms with Gasteiger partial charge in [0.25, 0.3) is 0 Å². The van der Waals surface area contributed by atoms with E-state index in [-0.39, 0.29) is 5.75 Å². The van der Waals surface area contributed by atoms with Gasteiger partial charge < -0.3 is 20.4 Å². The molecule has 152 valence electrons. The van der Waals surface area contributed by atoms with Gasteiger partial charge in [-0.25, -0.2) is 9.97 Å². The molecule has 31 heavy (non-hydrogen) atoms. The Bertz CT molecular complexity index is 1440. The molecule has 0 radical (unpaired) electrons. The van der Waals surface area contributed by atoms with Gasteiger partial charge in [0.05, 0.1) is 22.1 Å². The Labute approximate surface area is 177 Å². The number of aromatic amines is 2. The van der Waals surface area contributed by atoms with Gasteiger partial charge in [-0.1, -0.05) is 0 Å². The van der Waals surface area contributed by atoms with E-state index in [4.69, 9.17) is 4.98 Å². The molecular formula is C24H20N6O. The van der Waals surface area contributed by atoms with Crippen LogP contribution < -0.4 is 5.32 Å². The number of H-pyrrole nitrogens is 2. The number of imidazole rings is 2. The van der Waals surface area contributed by atoms with Crippen LogP contribution in [0.4, 0.5) is 0 Å². The van der Waals surface area contributed by atoms with E-state index in [1.54, 1.807) is 12.1 Å². The molecule has 7 nitrogen and oxygen atoms in total. The second kappa shape index (κ2) is 6.98. The van der Waals surface area contributed by atoms with Crippen molar-refractivity contribution in [3.8, 4) is 28.5 Å². The first kappa shape index (κ1) is 17.7. The first-order chi connectivity index (χ1) is 15.2. The van der Waals surface area contributed by atoms with Crippen molar-refractivity contribution in [2.75, 3.05) is 13.1 Å². The number of nitrogens with one attached hydrogen (secondary N) is 3. The van der Waals surface area contributed by atoms with Crippen LogP contribution in [0.15, 0.2) is 65.7 Å². The number of phenols is 1. The van der Waals surface area contributed by atoms with E-state index in [0.717, 1.165) is 75.8 Å². The van der Waals surface area contributed by atoms with E-state index >= 15 is 0 Å². The summed E-state index contributed by atoms with van der Waals surface area (Å²) >= 11 is 0. The van der Waals surface area contributed by atoms with Crippen LogP contribution >= 0.6 is 0 Å². The highest BCUT2D eigenvalue weighted by molar-refractivity contribution is 6.01. The first-order valence-electron chi connectivity index (χ1n) is 10.3. The zero-order valence-electron chi connectivity index (χ0n) is 16.7.